The number of aromatic nitrogens is 1. The molecule has 1 amide bonds. The molecule has 1 N–H and O–H groups in total. The highest BCUT2D eigenvalue weighted by molar-refractivity contribution is 7.09. The average Bonchev–Trinajstić information content (AvgIpc) is 3.26. The molecule has 0 aliphatic carbocycles. The molecule has 2 aromatic carbocycles. The lowest BCUT2D eigenvalue weighted by Crippen LogP contribution is -2.40. The molecule has 1 atom stereocenters. The molecule has 0 fully saturated rings. The van der Waals surface area contributed by atoms with Crippen LogP contribution in [-0.2, 0) is 22.6 Å². The van der Waals surface area contributed by atoms with Crippen LogP contribution >= 0.6 is 34.5 Å². The highest BCUT2D eigenvalue weighted by Crippen LogP contribution is 2.42. The maximum absolute atomic E-state index is 13.6. The summed E-state index contributed by atoms with van der Waals surface area (Å²) >= 11 is 13.7. The van der Waals surface area contributed by atoms with Gasteiger partial charge in [0, 0.05) is 34.1 Å². The van der Waals surface area contributed by atoms with Crippen molar-refractivity contribution < 1.29 is 28.6 Å². The summed E-state index contributed by atoms with van der Waals surface area (Å²) in [6, 6.07) is 7.93. The van der Waals surface area contributed by atoms with E-state index in [1.165, 1.54) is 34.4 Å². The van der Waals surface area contributed by atoms with Crippen molar-refractivity contribution in [1.29, 1.82) is 0 Å². The van der Waals surface area contributed by atoms with E-state index in [1.807, 2.05) is 0 Å². The number of halogens is 3. The smallest absolute Gasteiger partial charge is 0.410 e. The third-order valence-electron chi connectivity index (χ3n) is 5.03. The fraction of sp³-hybridized carbons (Fsp3) is 0.227. The highest BCUT2D eigenvalue weighted by Gasteiger charge is 2.37. The lowest BCUT2D eigenvalue weighted by Gasteiger charge is -2.35. The molecule has 1 aliphatic rings. The molecule has 11 heteroatoms. The summed E-state index contributed by atoms with van der Waals surface area (Å²) in [7, 11) is 0. The Kier molecular flexibility index (Phi) is 7.02. The van der Waals surface area contributed by atoms with E-state index in [-0.39, 0.29) is 17.4 Å². The van der Waals surface area contributed by atoms with E-state index in [9.17, 15) is 14.0 Å². The fourth-order valence-electron chi connectivity index (χ4n) is 3.57. The fourth-order valence-corrected chi connectivity index (χ4v) is 4.89. The van der Waals surface area contributed by atoms with Gasteiger partial charge in [0.25, 0.3) is 0 Å². The van der Waals surface area contributed by atoms with Gasteiger partial charge in [-0.15, -0.1) is 11.3 Å². The molecular formula is C22H17Cl2FN2O5S. The number of hydrogen-bond acceptors (Lipinski definition) is 6. The minimum atomic E-state index is -1.14. The van der Waals surface area contributed by atoms with Gasteiger partial charge >= 0.3 is 12.1 Å². The molecule has 0 unspecified atom stereocenters. The molecule has 4 rings (SSSR count). The number of carbonyl (C=O) groups is 2. The Bertz CT molecular complexity index is 1210. The molecule has 0 saturated heterocycles. The van der Waals surface area contributed by atoms with Gasteiger partial charge < -0.3 is 14.6 Å². The van der Waals surface area contributed by atoms with E-state index in [4.69, 9.17) is 37.8 Å². The van der Waals surface area contributed by atoms with Crippen molar-refractivity contribution in [2.24, 2.45) is 0 Å². The predicted octanol–water partition coefficient (Wildman–Crippen LogP) is 5.34. The van der Waals surface area contributed by atoms with E-state index in [2.05, 4.69) is 4.98 Å². The van der Waals surface area contributed by atoms with Crippen molar-refractivity contribution >= 4 is 46.6 Å². The largest absolute Gasteiger partial charge is 0.482 e. The van der Waals surface area contributed by atoms with Gasteiger partial charge in [0.05, 0.1) is 16.1 Å². The van der Waals surface area contributed by atoms with Gasteiger partial charge in [-0.2, -0.15) is 0 Å². The van der Waals surface area contributed by atoms with Crippen LogP contribution in [0.15, 0.2) is 41.9 Å². The Morgan fingerprint density at radius 3 is 2.85 bits per heavy atom. The number of nitrogens with zero attached hydrogens (tertiary/aromatic N) is 2. The SMILES string of the molecule is O=C(O)COc1ccc(Cl)cc1[C@@H]1c2scnc2CCN1C(=O)OCc1cc(F)ccc1Cl. The molecule has 7 nitrogen and oxygen atoms in total. The van der Waals surface area contributed by atoms with Crippen molar-refractivity contribution in [3.63, 3.8) is 0 Å². The summed E-state index contributed by atoms with van der Waals surface area (Å²) < 4.78 is 24.5. The third-order valence-corrected chi connectivity index (χ3v) is 6.56. The van der Waals surface area contributed by atoms with Crippen LogP contribution in [-0.4, -0.2) is 40.2 Å². The second kappa shape index (κ2) is 9.94. The van der Waals surface area contributed by atoms with E-state index >= 15 is 0 Å². The molecular weight excluding hydrogens is 494 g/mol. The average molecular weight is 511 g/mol. The Hall–Kier alpha value is -2.88. The third kappa shape index (κ3) is 5.21. The zero-order valence-electron chi connectivity index (χ0n) is 17.0. The number of rotatable bonds is 6. The number of carboxylic acids is 1. The molecule has 0 radical (unpaired) electrons. The van der Waals surface area contributed by atoms with Crippen LogP contribution in [0.5, 0.6) is 5.75 Å². The van der Waals surface area contributed by atoms with Gasteiger partial charge in [-0.3, -0.25) is 4.90 Å². The van der Waals surface area contributed by atoms with Gasteiger partial charge in [0.1, 0.15) is 24.2 Å². The summed E-state index contributed by atoms with van der Waals surface area (Å²) in [6.45, 7) is -0.479. The molecule has 3 aromatic rings. The molecule has 2 heterocycles. The van der Waals surface area contributed by atoms with Crippen molar-refractivity contribution in [2.45, 2.75) is 19.1 Å². The quantitative estimate of drug-likeness (QED) is 0.481. The first-order chi connectivity index (χ1) is 15.8. The summed E-state index contributed by atoms with van der Waals surface area (Å²) in [4.78, 5) is 30.8. The maximum Gasteiger partial charge on any atom is 0.410 e. The van der Waals surface area contributed by atoms with Crippen LogP contribution in [0.1, 0.15) is 27.7 Å². The van der Waals surface area contributed by atoms with E-state index in [0.29, 0.717) is 29.1 Å². The second-order valence-electron chi connectivity index (χ2n) is 7.16. The molecule has 0 spiro atoms. The van der Waals surface area contributed by atoms with E-state index in [0.717, 1.165) is 10.6 Å². The number of aliphatic carboxylic acids is 1. The number of fused-ring (bicyclic) bond motifs is 1. The van der Waals surface area contributed by atoms with Crippen molar-refractivity contribution in [3.05, 3.63) is 79.5 Å². The van der Waals surface area contributed by atoms with Crippen LogP contribution in [0.4, 0.5) is 9.18 Å². The standard InChI is InChI=1S/C22H17Cl2FN2O5S/c23-13-1-4-18(31-10-19(28)29)15(8-13)20-21-17(26-11-33-21)5-6-27(20)22(30)32-9-12-7-14(25)2-3-16(12)24/h1-4,7-8,11,20H,5-6,9-10H2,(H,28,29)/t20-/m1/s1. The number of thiazole rings is 1. The molecule has 1 aromatic heterocycles. The molecule has 172 valence electrons. The number of benzene rings is 2. The van der Waals surface area contributed by atoms with E-state index < -0.39 is 30.5 Å². The maximum atomic E-state index is 13.6. The Morgan fingerprint density at radius 2 is 2.06 bits per heavy atom. The van der Waals surface area contributed by atoms with Crippen molar-refractivity contribution in [3.8, 4) is 5.75 Å². The number of carbonyl (C=O) groups excluding carboxylic acids is 1. The van der Waals surface area contributed by atoms with Gasteiger partial charge in [-0.1, -0.05) is 23.2 Å². The normalized spacial score (nSPS) is 15.1. The van der Waals surface area contributed by atoms with Crippen LogP contribution in [0.25, 0.3) is 0 Å². The van der Waals surface area contributed by atoms with Crippen molar-refractivity contribution in [2.75, 3.05) is 13.2 Å². The van der Waals surface area contributed by atoms with Crippen LogP contribution in [0, 0.1) is 5.82 Å². The lowest BCUT2D eigenvalue weighted by molar-refractivity contribution is -0.139. The monoisotopic (exact) mass is 510 g/mol. The number of hydrogen-bond donors (Lipinski definition) is 1. The summed E-state index contributed by atoms with van der Waals surface area (Å²) in [5.74, 6) is -1.35. The molecule has 0 bridgehead atoms. The molecule has 0 saturated carbocycles. The first-order valence-electron chi connectivity index (χ1n) is 9.77. The number of amides is 1. The summed E-state index contributed by atoms with van der Waals surface area (Å²) in [6.07, 6.45) is -0.139. The molecule has 1 aliphatic heterocycles. The van der Waals surface area contributed by atoms with Crippen LogP contribution in [0.3, 0.4) is 0 Å². The Balaban J connectivity index is 1.66. The number of ether oxygens (including phenoxy) is 2. The van der Waals surface area contributed by atoms with Gasteiger partial charge in [0.15, 0.2) is 6.61 Å². The lowest BCUT2D eigenvalue weighted by atomic mass is 9.97. The van der Waals surface area contributed by atoms with Crippen molar-refractivity contribution in [1.82, 2.24) is 9.88 Å². The van der Waals surface area contributed by atoms with Crippen LogP contribution < -0.4 is 4.74 Å². The summed E-state index contributed by atoms with van der Waals surface area (Å²) in [5, 5.41) is 9.71. The number of carboxylic acid groups (broad SMARTS) is 1. The van der Waals surface area contributed by atoms with Gasteiger partial charge in [-0.05, 0) is 36.4 Å². The minimum absolute atomic E-state index is 0.216. The summed E-state index contributed by atoms with van der Waals surface area (Å²) in [5.41, 5.74) is 3.35. The predicted molar refractivity (Wildman–Crippen MR) is 121 cm³/mol. The van der Waals surface area contributed by atoms with Gasteiger partial charge in [-0.25, -0.2) is 19.0 Å². The molecule has 33 heavy (non-hydrogen) atoms. The minimum Gasteiger partial charge on any atom is -0.482 e. The Labute approximate surface area is 202 Å². The second-order valence-corrected chi connectivity index (χ2v) is 8.89. The Morgan fingerprint density at radius 1 is 1.24 bits per heavy atom. The first-order valence-corrected chi connectivity index (χ1v) is 11.4. The topological polar surface area (TPSA) is 89.0 Å². The zero-order chi connectivity index (χ0) is 23.5. The van der Waals surface area contributed by atoms with E-state index in [1.54, 1.807) is 23.7 Å². The zero-order valence-corrected chi connectivity index (χ0v) is 19.3. The highest BCUT2D eigenvalue weighted by atomic mass is 35.5. The van der Waals surface area contributed by atoms with Gasteiger partial charge in [0.2, 0.25) is 0 Å². The first kappa shape index (κ1) is 23.3. The van der Waals surface area contributed by atoms with Crippen LogP contribution in [0.2, 0.25) is 10.0 Å².